The van der Waals surface area contributed by atoms with Crippen molar-refractivity contribution in [2.45, 2.75) is 71.0 Å². The van der Waals surface area contributed by atoms with Gasteiger partial charge in [0.15, 0.2) is 0 Å². The van der Waals surface area contributed by atoms with Crippen molar-refractivity contribution < 1.29 is 23.9 Å². The minimum absolute atomic E-state index is 0.0581. The number of amides is 1. The van der Waals surface area contributed by atoms with Crippen LogP contribution in [0.2, 0.25) is 0 Å². The Hall–Kier alpha value is -3.23. The number of aryl methyl sites for hydroxylation is 1. The number of rotatable bonds is 11. The molecule has 1 atom stereocenters. The second-order valence-corrected chi connectivity index (χ2v) is 8.26. The van der Waals surface area contributed by atoms with Crippen LogP contribution in [0.25, 0.3) is 0 Å². The van der Waals surface area contributed by atoms with Crippen molar-refractivity contribution in [3.63, 3.8) is 0 Å². The molecule has 1 amide bonds. The van der Waals surface area contributed by atoms with Gasteiger partial charge in [-0.25, -0.2) is 9.48 Å². The summed E-state index contributed by atoms with van der Waals surface area (Å²) in [7, 11) is 1.34. The van der Waals surface area contributed by atoms with Crippen molar-refractivity contribution in [3.05, 3.63) is 47.3 Å². The molecular weight excluding hydrogens is 424 g/mol. The van der Waals surface area contributed by atoms with Crippen LogP contribution < -0.4 is 0 Å². The van der Waals surface area contributed by atoms with E-state index in [1.165, 1.54) is 7.11 Å². The molecule has 0 radical (unpaired) electrons. The first-order valence-corrected chi connectivity index (χ1v) is 11.5. The van der Waals surface area contributed by atoms with E-state index in [0.29, 0.717) is 38.0 Å². The van der Waals surface area contributed by atoms with Crippen molar-refractivity contribution in [3.8, 4) is 0 Å². The molecule has 1 fully saturated rings. The molecular formula is C24H32N4O5. The number of carbonyl (C=O) groups is 3. The molecule has 0 bridgehead atoms. The second kappa shape index (κ2) is 11.6. The Morgan fingerprint density at radius 1 is 1.27 bits per heavy atom. The van der Waals surface area contributed by atoms with E-state index in [1.54, 1.807) is 29.5 Å². The van der Waals surface area contributed by atoms with Crippen LogP contribution in [-0.2, 0) is 32.0 Å². The van der Waals surface area contributed by atoms with Gasteiger partial charge in [0.05, 0.1) is 26.0 Å². The standard InChI is InChI=1S/C24H32N4O5/c1-4-33-22(29)13-6-10-20-16-27(26-25-20)15-18-8-5-9-19(14-18)23(30)28(21-11-7-12-21)17(2)24(31)32-3/h5,8-9,14,16-17,21H,4,6-7,10-13,15H2,1-3H3. The summed E-state index contributed by atoms with van der Waals surface area (Å²) in [5.41, 5.74) is 2.24. The lowest BCUT2D eigenvalue weighted by atomic mass is 9.89. The summed E-state index contributed by atoms with van der Waals surface area (Å²) in [6.07, 6.45) is 6.33. The largest absolute Gasteiger partial charge is 0.467 e. The minimum Gasteiger partial charge on any atom is -0.467 e. The van der Waals surface area contributed by atoms with Gasteiger partial charge in [-0.3, -0.25) is 9.59 Å². The molecule has 1 unspecified atom stereocenters. The van der Waals surface area contributed by atoms with Crippen LogP contribution in [0.1, 0.15) is 67.6 Å². The normalized spacial score (nSPS) is 14.3. The fourth-order valence-corrected chi connectivity index (χ4v) is 3.92. The number of esters is 2. The molecule has 3 rings (SSSR count). The number of hydrogen-bond donors (Lipinski definition) is 0. The van der Waals surface area contributed by atoms with E-state index in [-0.39, 0.29) is 17.9 Å². The summed E-state index contributed by atoms with van der Waals surface area (Å²) in [6, 6.07) is 6.79. The average molecular weight is 457 g/mol. The maximum atomic E-state index is 13.3. The summed E-state index contributed by atoms with van der Waals surface area (Å²) >= 11 is 0. The Kier molecular flexibility index (Phi) is 8.57. The molecule has 33 heavy (non-hydrogen) atoms. The summed E-state index contributed by atoms with van der Waals surface area (Å²) in [6.45, 7) is 4.35. The molecule has 178 valence electrons. The van der Waals surface area contributed by atoms with Crippen LogP contribution in [0, 0.1) is 0 Å². The first-order chi connectivity index (χ1) is 15.9. The van der Waals surface area contributed by atoms with Crippen LogP contribution in [0.4, 0.5) is 0 Å². The number of ether oxygens (including phenoxy) is 2. The number of nitrogens with zero attached hydrogens (tertiary/aromatic N) is 4. The number of hydrogen-bond acceptors (Lipinski definition) is 7. The smallest absolute Gasteiger partial charge is 0.328 e. The van der Waals surface area contributed by atoms with Crippen molar-refractivity contribution in [1.82, 2.24) is 19.9 Å². The molecule has 1 heterocycles. The van der Waals surface area contributed by atoms with Crippen molar-refractivity contribution >= 4 is 17.8 Å². The third-order valence-electron chi connectivity index (χ3n) is 5.89. The van der Waals surface area contributed by atoms with Gasteiger partial charge in [0.25, 0.3) is 5.91 Å². The highest BCUT2D eigenvalue weighted by molar-refractivity contribution is 5.97. The minimum atomic E-state index is -0.635. The molecule has 9 heteroatoms. The monoisotopic (exact) mass is 456 g/mol. The molecule has 0 aliphatic heterocycles. The van der Waals surface area contributed by atoms with Crippen LogP contribution in [0.5, 0.6) is 0 Å². The van der Waals surface area contributed by atoms with Gasteiger partial charge in [0.1, 0.15) is 6.04 Å². The van der Waals surface area contributed by atoms with E-state index >= 15 is 0 Å². The topological polar surface area (TPSA) is 104 Å². The third-order valence-corrected chi connectivity index (χ3v) is 5.89. The first kappa shape index (κ1) is 24.4. The van der Waals surface area contributed by atoms with Crippen molar-refractivity contribution in [2.24, 2.45) is 0 Å². The van der Waals surface area contributed by atoms with E-state index in [4.69, 9.17) is 9.47 Å². The third kappa shape index (κ3) is 6.40. The van der Waals surface area contributed by atoms with E-state index in [9.17, 15) is 14.4 Å². The molecule has 1 aromatic carbocycles. The Morgan fingerprint density at radius 3 is 2.73 bits per heavy atom. The predicted octanol–water partition coefficient (Wildman–Crippen LogP) is 2.77. The summed E-state index contributed by atoms with van der Waals surface area (Å²) in [5.74, 6) is -0.786. The first-order valence-electron chi connectivity index (χ1n) is 11.5. The summed E-state index contributed by atoms with van der Waals surface area (Å²) < 4.78 is 11.5. The Bertz CT molecular complexity index is 969. The number of aromatic nitrogens is 3. The van der Waals surface area contributed by atoms with E-state index in [2.05, 4.69) is 10.3 Å². The summed E-state index contributed by atoms with van der Waals surface area (Å²) in [4.78, 5) is 38.6. The predicted molar refractivity (Wildman–Crippen MR) is 120 cm³/mol. The lowest BCUT2D eigenvalue weighted by Crippen LogP contribution is -2.52. The fourth-order valence-electron chi connectivity index (χ4n) is 3.92. The van der Waals surface area contributed by atoms with Crippen LogP contribution in [0.3, 0.4) is 0 Å². The zero-order valence-corrected chi connectivity index (χ0v) is 19.5. The SMILES string of the molecule is CCOC(=O)CCCc1cn(Cc2cccc(C(=O)N(C3CCC3)C(C)C(=O)OC)c2)nn1. The van der Waals surface area contributed by atoms with E-state index in [1.807, 2.05) is 24.4 Å². The van der Waals surface area contributed by atoms with Crippen molar-refractivity contribution in [1.29, 1.82) is 0 Å². The van der Waals surface area contributed by atoms with Gasteiger partial charge in [-0.05, 0) is 63.6 Å². The van der Waals surface area contributed by atoms with Crippen molar-refractivity contribution in [2.75, 3.05) is 13.7 Å². The average Bonchev–Trinajstić information content (AvgIpc) is 3.22. The fraction of sp³-hybridized carbons (Fsp3) is 0.542. The van der Waals surface area contributed by atoms with Gasteiger partial charge in [0.2, 0.25) is 0 Å². The second-order valence-electron chi connectivity index (χ2n) is 8.26. The highest BCUT2D eigenvalue weighted by Gasteiger charge is 2.36. The molecule has 9 nitrogen and oxygen atoms in total. The molecule has 1 aliphatic rings. The molecule has 1 saturated carbocycles. The zero-order chi connectivity index (χ0) is 23.8. The van der Waals surface area contributed by atoms with E-state index < -0.39 is 12.0 Å². The lowest BCUT2D eigenvalue weighted by Gasteiger charge is -2.40. The molecule has 2 aromatic rings. The van der Waals surface area contributed by atoms with Gasteiger partial charge in [-0.1, -0.05) is 17.3 Å². The van der Waals surface area contributed by atoms with Gasteiger partial charge in [-0.2, -0.15) is 0 Å². The molecule has 0 spiro atoms. The highest BCUT2D eigenvalue weighted by atomic mass is 16.5. The van der Waals surface area contributed by atoms with Gasteiger partial charge >= 0.3 is 11.9 Å². The Labute approximate surface area is 194 Å². The van der Waals surface area contributed by atoms with Crippen LogP contribution in [0.15, 0.2) is 30.5 Å². The molecule has 1 aromatic heterocycles. The molecule has 1 aliphatic carbocycles. The summed E-state index contributed by atoms with van der Waals surface area (Å²) in [5, 5.41) is 8.33. The highest BCUT2D eigenvalue weighted by Crippen LogP contribution is 2.28. The Balaban J connectivity index is 1.64. The quantitative estimate of drug-likeness (QED) is 0.479. The molecule has 0 N–H and O–H groups in total. The van der Waals surface area contributed by atoms with Gasteiger partial charge in [-0.15, -0.1) is 5.10 Å². The van der Waals surface area contributed by atoms with Crippen LogP contribution in [-0.4, -0.2) is 63.5 Å². The zero-order valence-electron chi connectivity index (χ0n) is 19.5. The van der Waals surface area contributed by atoms with Gasteiger partial charge < -0.3 is 14.4 Å². The number of benzene rings is 1. The van der Waals surface area contributed by atoms with Gasteiger partial charge in [0, 0.05) is 24.2 Å². The van der Waals surface area contributed by atoms with E-state index in [0.717, 1.165) is 30.5 Å². The van der Waals surface area contributed by atoms with Crippen LogP contribution >= 0.6 is 0 Å². The number of methoxy groups -OCH3 is 1. The lowest BCUT2D eigenvalue weighted by molar-refractivity contribution is -0.146. The maximum absolute atomic E-state index is 13.3. The number of carbonyl (C=O) groups excluding carboxylic acids is 3. The Morgan fingerprint density at radius 2 is 2.06 bits per heavy atom. The maximum Gasteiger partial charge on any atom is 0.328 e. The molecule has 0 saturated heterocycles.